The number of hydrogen-bond donors (Lipinski definition) is 0. The Morgan fingerprint density at radius 2 is 1.75 bits per heavy atom. The van der Waals surface area contributed by atoms with Crippen LogP contribution in [-0.2, 0) is 6.18 Å². The average molecular weight is 277 g/mol. The Morgan fingerprint density at radius 1 is 1.05 bits per heavy atom. The van der Waals surface area contributed by atoms with Gasteiger partial charge in [-0.1, -0.05) is 18.2 Å². The second-order valence-corrected chi connectivity index (χ2v) is 4.19. The topological polar surface area (TPSA) is 33.0 Å². The zero-order valence-corrected chi connectivity index (χ0v) is 10.5. The predicted octanol–water partition coefficient (Wildman–Crippen LogP) is 4.68. The van der Waals surface area contributed by atoms with Gasteiger partial charge in [0.2, 0.25) is 0 Å². The van der Waals surface area contributed by atoms with Crippen LogP contribution in [0, 0.1) is 18.3 Å². The maximum atomic E-state index is 12.7. The molecule has 0 unspecified atom stereocenters. The molecule has 0 bridgehead atoms. The summed E-state index contributed by atoms with van der Waals surface area (Å²) in [5.74, 6) is 0.319. The van der Waals surface area contributed by atoms with E-state index in [0.29, 0.717) is 5.75 Å². The highest BCUT2D eigenvalue weighted by atomic mass is 19.4. The highest BCUT2D eigenvalue weighted by Crippen LogP contribution is 2.35. The first-order chi connectivity index (χ1) is 9.41. The van der Waals surface area contributed by atoms with Gasteiger partial charge in [0, 0.05) is 0 Å². The minimum atomic E-state index is -4.47. The lowest BCUT2D eigenvalue weighted by atomic mass is 10.1. The number of halogens is 3. The van der Waals surface area contributed by atoms with Crippen LogP contribution < -0.4 is 4.74 Å². The van der Waals surface area contributed by atoms with Crippen LogP contribution in [0.1, 0.15) is 16.7 Å². The van der Waals surface area contributed by atoms with Crippen LogP contribution >= 0.6 is 0 Å². The van der Waals surface area contributed by atoms with Crippen LogP contribution in [0.4, 0.5) is 13.2 Å². The van der Waals surface area contributed by atoms with Crippen molar-refractivity contribution < 1.29 is 17.9 Å². The van der Waals surface area contributed by atoms with Crippen LogP contribution in [0.15, 0.2) is 42.5 Å². The van der Waals surface area contributed by atoms with E-state index < -0.39 is 11.7 Å². The van der Waals surface area contributed by atoms with E-state index in [1.165, 1.54) is 0 Å². The first-order valence-electron chi connectivity index (χ1n) is 5.76. The minimum absolute atomic E-state index is 0.0567. The summed E-state index contributed by atoms with van der Waals surface area (Å²) in [5, 5.41) is 8.95. The molecule has 0 radical (unpaired) electrons. The molecule has 0 aromatic heterocycles. The van der Waals surface area contributed by atoms with Crippen molar-refractivity contribution in [1.82, 2.24) is 0 Å². The molecule has 0 saturated carbocycles. The summed E-state index contributed by atoms with van der Waals surface area (Å²) in [4.78, 5) is 0. The number of nitrogens with zero attached hydrogens (tertiary/aromatic N) is 1. The molecule has 5 heteroatoms. The summed E-state index contributed by atoms with van der Waals surface area (Å²) in [6.07, 6.45) is -4.47. The molecule has 2 aromatic carbocycles. The summed E-state index contributed by atoms with van der Waals surface area (Å²) >= 11 is 0. The molecule has 0 aliphatic heterocycles. The van der Waals surface area contributed by atoms with Crippen molar-refractivity contribution in [2.24, 2.45) is 0 Å². The third-order valence-corrected chi connectivity index (χ3v) is 2.74. The molecule has 0 aliphatic carbocycles. The van der Waals surface area contributed by atoms with E-state index in [-0.39, 0.29) is 11.3 Å². The van der Waals surface area contributed by atoms with Gasteiger partial charge < -0.3 is 4.74 Å². The molecule has 0 N–H and O–H groups in total. The maximum absolute atomic E-state index is 12.7. The van der Waals surface area contributed by atoms with Crippen molar-refractivity contribution in [2.45, 2.75) is 13.1 Å². The Bertz CT molecular complexity index is 672. The smallest absolute Gasteiger partial charge is 0.416 e. The van der Waals surface area contributed by atoms with Crippen LogP contribution in [-0.4, -0.2) is 0 Å². The molecule has 0 aliphatic rings. The van der Waals surface area contributed by atoms with Gasteiger partial charge in [-0.05, 0) is 36.8 Å². The Hall–Kier alpha value is -2.48. The summed E-state index contributed by atoms with van der Waals surface area (Å²) in [6, 6.07) is 11.5. The van der Waals surface area contributed by atoms with Gasteiger partial charge in [-0.15, -0.1) is 0 Å². The molecule has 0 fully saturated rings. The zero-order valence-electron chi connectivity index (χ0n) is 10.5. The fourth-order valence-electron chi connectivity index (χ4n) is 1.66. The minimum Gasteiger partial charge on any atom is -0.456 e. The number of alkyl halides is 3. The molecule has 0 spiro atoms. The fourth-order valence-corrected chi connectivity index (χ4v) is 1.66. The summed E-state index contributed by atoms with van der Waals surface area (Å²) in [7, 11) is 0. The monoisotopic (exact) mass is 277 g/mol. The molecule has 0 atom stereocenters. The number of aryl methyl sites for hydroxylation is 1. The van der Waals surface area contributed by atoms with E-state index in [9.17, 15) is 13.2 Å². The van der Waals surface area contributed by atoms with Gasteiger partial charge in [0.05, 0.1) is 11.1 Å². The Balaban J connectivity index is 2.45. The fraction of sp³-hybridized carbons (Fsp3) is 0.133. The van der Waals surface area contributed by atoms with Crippen molar-refractivity contribution in [3.63, 3.8) is 0 Å². The molecule has 0 heterocycles. The second-order valence-electron chi connectivity index (χ2n) is 4.19. The first kappa shape index (κ1) is 13.9. The van der Waals surface area contributed by atoms with E-state index in [2.05, 4.69) is 0 Å². The zero-order chi connectivity index (χ0) is 14.8. The molecular weight excluding hydrogens is 267 g/mol. The van der Waals surface area contributed by atoms with Crippen molar-refractivity contribution in [3.05, 3.63) is 59.2 Å². The molecule has 2 aromatic rings. The van der Waals surface area contributed by atoms with E-state index >= 15 is 0 Å². The van der Waals surface area contributed by atoms with Gasteiger partial charge in [-0.25, -0.2) is 0 Å². The van der Waals surface area contributed by atoms with Crippen LogP contribution in [0.5, 0.6) is 11.5 Å². The van der Waals surface area contributed by atoms with Gasteiger partial charge in [-0.3, -0.25) is 0 Å². The second kappa shape index (κ2) is 5.25. The standard InChI is InChI=1S/C15H10F3NO/c1-10-4-2-3-5-13(10)20-14-8-12(15(16,17)18)7-6-11(14)9-19/h2-8H,1H3. The molecule has 2 rings (SSSR count). The largest absolute Gasteiger partial charge is 0.456 e. The molecule has 102 valence electrons. The molecule has 0 amide bonds. The highest BCUT2D eigenvalue weighted by Gasteiger charge is 2.31. The molecular formula is C15H10F3NO. The van der Waals surface area contributed by atoms with E-state index in [4.69, 9.17) is 10.00 Å². The van der Waals surface area contributed by atoms with Crippen molar-refractivity contribution >= 4 is 0 Å². The number of nitriles is 1. The summed E-state index contributed by atoms with van der Waals surface area (Å²) in [6.45, 7) is 1.77. The Morgan fingerprint density at radius 3 is 2.35 bits per heavy atom. The van der Waals surface area contributed by atoms with Crippen molar-refractivity contribution in [1.29, 1.82) is 5.26 Å². The Kier molecular flexibility index (Phi) is 3.66. The number of para-hydroxylation sites is 1. The third kappa shape index (κ3) is 2.91. The van der Waals surface area contributed by atoms with Crippen LogP contribution in [0.2, 0.25) is 0 Å². The van der Waals surface area contributed by atoms with Crippen molar-refractivity contribution in [3.8, 4) is 17.6 Å². The quantitative estimate of drug-likeness (QED) is 0.798. The molecule has 20 heavy (non-hydrogen) atoms. The number of benzene rings is 2. The molecule has 2 nitrogen and oxygen atoms in total. The lowest BCUT2D eigenvalue weighted by molar-refractivity contribution is -0.137. The van der Waals surface area contributed by atoms with Crippen LogP contribution in [0.25, 0.3) is 0 Å². The lowest BCUT2D eigenvalue weighted by Gasteiger charge is -2.12. The van der Waals surface area contributed by atoms with Crippen molar-refractivity contribution in [2.75, 3.05) is 0 Å². The third-order valence-electron chi connectivity index (χ3n) is 2.74. The molecule has 0 saturated heterocycles. The number of rotatable bonds is 2. The van der Waals surface area contributed by atoms with E-state index in [1.54, 1.807) is 31.2 Å². The van der Waals surface area contributed by atoms with Gasteiger partial charge in [0.25, 0.3) is 0 Å². The SMILES string of the molecule is Cc1ccccc1Oc1cc(C(F)(F)F)ccc1C#N. The van der Waals surface area contributed by atoms with Gasteiger partial charge in [-0.2, -0.15) is 18.4 Å². The normalized spacial score (nSPS) is 10.9. The summed E-state index contributed by atoms with van der Waals surface area (Å²) < 4.78 is 43.5. The maximum Gasteiger partial charge on any atom is 0.416 e. The van der Waals surface area contributed by atoms with Gasteiger partial charge >= 0.3 is 6.18 Å². The Labute approximate surface area is 114 Å². The van der Waals surface area contributed by atoms with E-state index in [1.807, 2.05) is 6.07 Å². The predicted molar refractivity (Wildman–Crippen MR) is 67.4 cm³/mol. The van der Waals surface area contributed by atoms with Gasteiger partial charge in [0.15, 0.2) is 0 Å². The first-order valence-corrected chi connectivity index (χ1v) is 5.76. The average Bonchev–Trinajstić information content (AvgIpc) is 2.40. The highest BCUT2D eigenvalue weighted by molar-refractivity contribution is 5.49. The van der Waals surface area contributed by atoms with Gasteiger partial charge in [0.1, 0.15) is 17.6 Å². The lowest BCUT2D eigenvalue weighted by Crippen LogP contribution is -2.05. The number of hydrogen-bond acceptors (Lipinski definition) is 2. The number of ether oxygens (including phenoxy) is 1. The van der Waals surface area contributed by atoms with E-state index in [0.717, 1.165) is 23.8 Å². The summed E-state index contributed by atoms with van der Waals surface area (Å²) in [5.41, 5.74) is -0.0184. The van der Waals surface area contributed by atoms with Crippen LogP contribution in [0.3, 0.4) is 0 Å².